The van der Waals surface area contributed by atoms with Gasteiger partial charge in [0.15, 0.2) is 5.52 Å². The van der Waals surface area contributed by atoms with Crippen molar-refractivity contribution >= 4 is 28.0 Å². The largest absolute Gasteiger partial charge is 0.489 e. The summed E-state index contributed by atoms with van der Waals surface area (Å²) in [5.41, 5.74) is 1.56. The van der Waals surface area contributed by atoms with Crippen LogP contribution in [-0.4, -0.2) is 14.9 Å². The molecular formula is C21H16N4O4. The normalized spacial score (nSPS) is 10.6. The first kappa shape index (κ1) is 18.2. The molecule has 0 unspecified atom stereocenters. The van der Waals surface area contributed by atoms with E-state index in [1.807, 2.05) is 30.3 Å². The van der Waals surface area contributed by atoms with E-state index in [-0.39, 0.29) is 16.6 Å². The van der Waals surface area contributed by atoms with E-state index in [1.165, 1.54) is 12.1 Å². The van der Waals surface area contributed by atoms with E-state index in [9.17, 15) is 14.9 Å². The van der Waals surface area contributed by atoms with Crippen molar-refractivity contribution in [2.75, 3.05) is 5.32 Å². The van der Waals surface area contributed by atoms with Gasteiger partial charge in [-0.1, -0.05) is 30.3 Å². The molecule has 4 aromatic rings. The lowest BCUT2D eigenvalue weighted by molar-refractivity contribution is -0.383. The minimum Gasteiger partial charge on any atom is -0.489 e. The van der Waals surface area contributed by atoms with E-state index in [0.717, 1.165) is 11.9 Å². The Morgan fingerprint density at radius 1 is 1.03 bits per heavy atom. The number of fused-ring (bicyclic) bond motifs is 1. The second-order valence-electron chi connectivity index (χ2n) is 6.27. The van der Waals surface area contributed by atoms with Gasteiger partial charge in [0.25, 0.3) is 11.2 Å². The van der Waals surface area contributed by atoms with Crippen molar-refractivity contribution in [1.29, 1.82) is 0 Å². The van der Waals surface area contributed by atoms with Crippen LogP contribution in [0.2, 0.25) is 0 Å². The minimum absolute atomic E-state index is 0.0339. The number of H-pyrrole nitrogens is 1. The maximum absolute atomic E-state index is 12.3. The van der Waals surface area contributed by atoms with Crippen LogP contribution in [-0.2, 0) is 6.61 Å². The maximum Gasteiger partial charge on any atom is 0.295 e. The van der Waals surface area contributed by atoms with Crippen LogP contribution < -0.4 is 15.6 Å². The third kappa shape index (κ3) is 3.91. The zero-order chi connectivity index (χ0) is 20.2. The summed E-state index contributed by atoms with van der Waals surface area (Å²) < 4.78 is 5.76. The molecule has 0 atom stereocenters. The maximum atomic E-state index is 12.3. The van der Waals surface area contributed by atoms with Crippen molar-refractivity contribution < 1.29 is 9.66 Å². The van der Waals surface area contributed by atoms with Gasteiger partial charge >= 0.3 is 0 Å². The highest BCUT2D eigenvalue weighted by atomic mass is 16.6. The van der Waals surface area contributed by atoms with E-state index in [0.29, 0.717) is 23.7 Å². The van der Waals surface area contributed by atoms with Crippen molar-refractivity contribution in [3.05, 3.63) is 99.1 Å². The first-order chi connectivity index (χ1) is 14.1. The van der Waals surface area contributed by atoms with Gasteiger partial charge in [-0.25, -0.2) is 4.98 Å². The molecule has 0 fully saturated rings. The Morgan fingerprint density at radius 3 is 2.52 bits per heavy atom. The Kier molecular flexibility index (Phi) is 4.90. The Hall–Kier alpha value is -4.20. The van der Waals surface area contributed by atoms with Crippen LogP contribution in [0.25, 0.3) is 10.9 Å². The molecule has 0 saturated heterocycles. The van der Waals surface area contributed by atoms with E-state index >= 15 is 0 Å². The molecule has 0 bridgehead atoms. The highest BCUT2D eigenvalue weighted by molar-refractivity contribution is 5.97. The molecule has 1 heterocycles. The number of hydrogen-bond acceptors (Lipinski definition) is 6. The molecule has 144 valence electrons. The number of hydrogen-bond donors (Lipinski definition) is 2. The number of ether oxygens (including phenoxy) is 1. The number of nitro benzene ring substituents is 1. The van der Waals surface area contributed by atoms with Crippen LogP contribution >= 0.6 is 0 Å². The third-order valence-electron chi connectivity index (χ3n) is 4.35. The van der Waals surface area contributed by atoms with Crippen molar-refractivity contribution in [2.24, 2.45) is 0 Å². The number of anilines is 2. The molecule has 1 aromatic heterocycles. The lowest BCUT2D eigenvalue weighted by Gasteiger charge is -2.11. The summed E-state index contributed by atoms with van der Waals surface area (Å²) in [7, 11) is 0. The minimum atomic E-state index is -0.558. The van der Waals surface area contributed by atoms with Crippen LogP contribution in [0.5, 0.6) is 5.75 Å². The Labute approximate surface area is 165 Å². The van der Waals surface area contributed by atoms with Gasteiger partial charge in [0.2, 0.25) is 0 Å². The smallest absolute Gasteiger partial charge is 0.295 e. The topological polar surface area (TPSA) is 110 Å². The average Bonchev–Trinajstić information content (AvgIpc) is 2.74. The number of nitrogens with one attached hydrogen (secondary N) is 2. The van der Waals surface area contributed by atoms with Gasteiger partial charge in [-0.15, -0.1) is 0 Å². The molecule has 0 aliphatic heterocycles. The lowest BCUT2D eigenvalue weighted by atomic mass is 10.1. The summed E-state index contributed by atoms with van der Waals surface area (Å²) in [5.74, 6) is 0.701. The molecule has 8 heteroatoms. The summed E-state index contributed by atoms with van der Waals surface area (Å²) in [4.78, 5) is 29.4. The number of benzene rings is 3. The van der Waals surface area contributed by atoms with Gasteiger partial charge in [-0.05, 0) is 35.9 Å². The fourth-order valence-corrected chi connectivity index (χ4v) is 2.95. The molecule has 0 spiro atoms. The van der Waals surface area contributed by atoms with Crippen LogP contribution in [0.1, 0.15) is 5.56 Å². The molecule has 2 N–H and O–H groups in total. The van der Waals surface area contributed by atoms with Crippen molar-refractivity contribution in [3.8, 4) is 5.75 Å². The van der Waals surface area contributed by atoms with Crippen LogP contribution in [0.3, 0.4) is 0 Å². The standard InChI is InChI=1S/C21H16N4O4/c26-21-19-17(10-11-18(25(27)28)20(19)22-13-23-21)24-15-6-8-16(9-7-15)29-12-14-4-2-1-3-5-14/h1-11,13,24H,12H2,(H,22,23,26). The monoisotopic (exact) mass is 388 g/mol. The van der Waals surface area contributed by atoms with Gasteiger partial charge < -0.3 is 15.0 Å². The number of aromatic nitrogens is 2. The number of non-ortho nitro benzene ring substituents is 1. The number of nitrogens with zero attached hydrogens (tertiary/aromatic N) is 2. The highest BCUT2D eigenvalue weighted by Crippen LogP contribution is 2.29. The van der Waals surface area contributed by atoms with Gasteiger partial charge in [0.1, 0.15) is 12.4 Å². The lowest BCUT2D eigenvalue weighted by Crippen LogP contribution is -2.10. The van der Waals surface area contributed by atoms with E-state index in [4.69, 9.17) is 4.74 Å². The summed E-state index contributed by atoms with van der Waals surface area (Å²) in [5, 5.41) is 14.5. The molecule has 8 nitrogen and oxygen atoms in total. The van der Waals surface area contributed by atoms with Crippen molar-refractivity contribution in [2.45, 2.75) is 6.61 Å². The molecule has 0 aliphatic rings. The number of aromatic amines is 1. The second-order valence-corrected chi connectivity index (χ2v) is 6.27. The van der Waals surface area contributed by atoms with E-state index in [2.05, 4.69) is 15.3 Å². The van der Waals surface area contributed by atoms with Crippen LogP contribution in [0.15, 0.2) is 77.9 Å². The molecule has 3 aromatic carbocycles. The molecule has 29 heavy (non-hydrogen) atoms. The molecule has 0 saturated carbocycles. The van der Waals surface area contributed by atoms with Gasteiger partial charge in [-0.2, -0.15) is 0 Å². The van der Waals surface area contributed by atoms with Crippen molar-refractivity contribution in [3.63, 3.8) is 0 Å². The SMILES string of the molecule is O=c1[nH]cnc2c([N+](=O)[O-])ccc(Nc3ccc(OCc4ccccc4)cc3)c12. The number of nitro groups is 1. The van der Waals surface area contributed by atoms with E-state index < -0.39 is 10.5 Å². The summed E-state index contributed by atoms with van der Waals surface area (Å²) in [6, 6.07) is 19.9. The summed E-state index contributed by atoms with van der Waals surface area (Å²) in [6.45, 7) is 0.460. The quantitative estimate of drug-likeness (QED) is 0.379. The van der Waals surface area contributed by atoms with Gasteiger partial charge in [-0.3, -0.25) is 14.9 Å². The zero-order valence-corrected chi connectivity index (χ0v) is 15.2. The second kappa shape index (κ2) is 7.81. The van der Waals surface area contributed by atoms with E-state index in [1.54, 1.807) is 24.3 Å². The third-order valence-corrected chi connectivity index (χ3v) is 4.35. The Bertz CT molecular complexity index is 1220. The molecule has 0 amide bonds. The van der Waals surface area contributed by atoms with Crippen LogP contribution in [0, 0.1) is 10.1 Å². The zero-order valence-electron chi connectivity index (χ0n) is 15.2. The molecule has 4 rings (SSSR count). The average molecular weight is 388 g/mol. The Morgan fingerprint density at radius 2 is 1.79 bits per heavy atom. The molecule has 0 radical (unpaired) electrons. The predicted molar refractivity (Wildman–Crippen MR) is 110 cm³/mol. The van der Waals surface area contributed by atoms with Gasteiger partial charge in [0, 0.05) is 11.8 Å². The van der Waals surface area contributed by atoms with Gasteiger partial charge in [0.05, 0.1) is 22.3 Å². The summed E-state index contributed by atoms with van der Waals surface area (Å²) >= 11 is 0. The first-order valence-electron chi connectivity index (χ1n) is 8.80. The fourth-order valence-electron chi connectivity index (χ4n) is 2.95. The first-order valence-corrected chi connectivity index (χ1v) is 8.80. The fraction of sp³-hybridized carbons (Fsp3) is 0.0476. The Balaban J connectivity index is 1.57. The summed E-state index contributed by atoms with van der Waals surface area (Å²) in [6.07, 6.45) is 1.15. The van der Waals surface area contributed by atoms with Crippen molar-refractivity contribution in [1.82, 2.24) is 9.97 Å². The predicted octanol–water partition coefficient (Wildman–Crippen LogP) is 4.15. The highest BCUT2D eigenvalue weighted by Gasteiger charge is 2.18. The van der Waals surface area contributed by atoms with Crippen LogP contribution in [0.4, 0.5) is 17.1 Å². The number of rotatable bonds is 6. The molecular weight excluding hydrogens is 372 g/mol. The molecule has 0 aliphatic carbocycles.